The van der Waals surface area contributed by atoms with E-state index in [1.807, 2.05) is 19.9 Å². The molecular weight excluding hydrogens is 316 g/mol. The molecule has 6 heteroatoms. The maximum atomic E-state index is 12.6. The number of fused-ring (bicyclic) bond motifs is 1. The van der Waals surface area contributed by atoms with Gasteiger partial charge in [-0.1, -0.05) is 6.07 Å². The minimum absolute atomic E-state index is 0.243. The fourth-order valence-electron chi connectivity index (χ4n) is 3.18. The van der Waals surface area contributed by atoms with Crippen LogP contribution < -0.4 is 15.6 Å². The van der Waals surface area contributed by atoms with Crippen LogP contribution in [0.25, 0.3) is 4.85 Å². The van der Waals surface area contributed by atoms with Crippen LogP contribution in [0.5, 0.6) is 5.75 Å². The largest absolute Gasteiger partial charge is 0.496 e. The van der Waals surface area contributed by atoms with Crippen LogP contribution in [-0.2, 0) is 0 Å². The van der Waals surface area contributed by atoms with E-state index in [4.69, 9.17) is 16.6 Å². The van der Waals surface area contributed by atoms with Gasteiger partial charge in [-0.2, -0.15) is 5.26 Å². The van der Waals surface area contributed by atoms with Gasteiger partial charge in [-0.15, -0.1) is 0 Å². The van der Waals surface area contributed by atoms with Crippen LogP contribution in [0, 0.1) is 24.8 Å². The van der Waals surface area contributed by atoms with E-state index >= 15 is 0 Å². The fourth-order valence-corrected chi connectivity index (χ4v) is 3.18. The van der Waals surface area contributed by atoms with Gasteiger partial charge in [0.1, 0.15) is 5.75 Å². The predicted octanol–water partition coefficient (Wildman–Crippen LogP) is 3.27. The molecule has 2 heterocycles. The lowest BCUT2D eigenvalue weighted by molar-refractivity contribution is 0.408. The summed E-state index contributed by atoms with van der Waals surface area (Å²) >= 11 is 0. The molecule has 1 aromatic carbocycles. The molecule has 2 N–H and O–H groups in total. The zero-order valence-electron chi connectivity index (χ0n) is 14.1. The Labute approximate surface area is 145 Å². The molecule has 0 saturated carbocycles. The predicted molar refractivity (Wildman–Crippen MR) is 94.3 cm³/mol. The van der Waals surface area contributed by atoms with Crippen molar-refractivity contribution in [2.24, 2.45) is 0 Å². The topological polar surface area (TPSA) is 82.3 Å². The standard InChI is InChI=1S/C19H16N4O2/c1-10-7-14-17(19(24)22-10)16(18(21-3)11(2)23-14)13-6-5-12(9-20)8-15(13)25-4/h5-8,16,23H,1-2,4H3,(H,22,24). The highest BCUT2D eigenvalue weighted by atomic mass is 16.5. The summed E-state index contributed by atoms with van der Waals surface area (Å²) in [6.45, 7) is 11.2. The van der Waals surface area contributed by atoms with Crippen molar-refractivity contribution in [3.8, 4) is 11.8 Å². The lowest BCUT2D eigenvalue weighted by atomic mass is 9.84. The van der Waals surface area contributed by atoms with Crippen molar-refractivity contribution in [1.82, 2.24) is 4.98 Å². The molecule has 0 spiro atoms. The Balaban J connectivity index is 2.34. The number of ether oxygens (including phenoxy) is 1. The number of rotatable bonds is 2. The number of H-pyrrole nitrogens is 1. The Morgan fingerprint density at radius 3 is 2.72 bits per heavy atom. The Morgan fingerprint density at radius 1 is 1.32 bits per heavy atom. The first-order valence-corrected chi connectivity index (χ1v) is 7.67. The third-order valence-electron chi connectivity index (χ3n) is 4.27. The van der Waals surface area contributed by atoms with Crippen LogP contribution in [0.15, 0.2) is 40.5 Å². The van der Waals surface area contributed by atoms with Gasteiger partial charge in [0, 0.05) is 22.6 Å². The lowest BCUT2D eigenvalue weighted by Crippen LogP contribution is -2.26. The van der Waals surface area contributed by atoms with Crippen molar-refractivity contribution in [2.75, 3.05) is 12.4 Å². The van der Waals surface area contributed by atoms with E-state index in [0.717, 1.165) is 5.69 Å². The van der Waals surface area contributed by atoms with Gasteiger partial charge in [-0.3, -0.25) is 4.79 Å². The second-order valence-electron chi connectivity index (χ2n) is 5.86. The number of nitriles is 1. The van der Waals surface area contributed by atoms with Crippen molar-refractivity contribution in [2.45, 2.75) is 19.8 Å². The number of hydrogen-bond donors (Lipinski definition) is 2. The molecule has 0 saturated heterocycles. The second-order valence-corrected chi connectivity index (χ2v) is 5.86. The zero-order chi connectivity index (χ0) is 18.1. The molecule has 1 atom stereocenters. The summed E-state index contributed by atoms with van der Waals surface area (Å²) in [5, 5.41) is 12.3. The summed E-state index contributed by atoms with van der Waals surface area (Å²) in [6.07, 6.45) is 0. The number of nitrogens with zero attached hydrogens (tertiary/aromatic N) is 2. The van der Waals surface area contributed by atoms with Crippen molar-refractivity contribution in [3.05, 3.63) is 79.8 Å². The summed E-state index contributed by atoms with van der Waals surface area (Å²) in [6, 6.07) is 8.95. The number of hydrogen-bond acceptors (Lipinski definition) is 4. The Morgan fingerprint density at radius 2 is 2.08 bits per heavy atom. The van der Waals surface area contributed by atoms with Gasteiger partial charge in [-0.25, -0.2) is 4.85 Å². The summed E-state index contributed by atoms with van der Waals surface area (Å²) in [4.78, 5) is 19.1. The molecule has 0 radical (unpaired) electrons. The van der Waals surface area contributed by atoms with Gasteiger partial charge in [0.25, 0.3) is 5.56 Å². The van der Waals surface area contributed by atoms with Crippen molar-refractivity contribution in [3.63, 3.8) is 0 Å². The Hall–Kier alpha value is -3.51. The van der Waals surface area contributed by atoms with Crippen molar-refractivity contribution >= 4 is 5.69 Å². The zero-order valence-corrected chi connectivity index (χ0v) is 14.1. The third-order valence-corrected chi connectivity index (χ3v) is 4.27. The third kappa shape index (κ3) is 2.64. The summed E-state index contributed by atoms with van der Waals surface area (Å²) in [5.41, 5.74) is 3.93. The highest BCUT2D eigenvalue weighted by Crippen LogP contribution is 2.43. The number of anilines is 1. The highest BCUT2D eigenvalue weighted by molar-refractivity contribution is 5.67. The van der Waals surface area contributed by atoms with Crippen LogP contribution in [0.1, 0.15) is 35.2 Å². The molecule has 0 amide bonds. The quantitative estimate of drug-likeness (QED) is 0.827. The first-order chi connectivity index (χ1) is 12.0. The first kappa shape index (κ1) is 16.4. The minimum Gasteiger partial charge on any atom is -0.496 e. The number of methoxy groups -OCH3 is 1. The van der Waals surface area contributed by atoms with E-state index in [1.165, 1.54) is 7.11 Å². The van der Waals surface area contributed by atoms with E-state index in [2.05, 4.69) is 21.2 Å². The van der Waals surface area contributed by atoms with Gasteiger partial charge in [0.15, 0.2) is 5.70 Å². The van der Waals surface area contributed by atoms with Crippen LogP contribution in [0.3, 0.4) is 0 Å². The van der Waals surface area contributed by atoms with Gasteiger partial charge in [-0.05, 0) is 37.6 Å². The second kappa shape index (κ2) is 6.18. The van der Waals surface area contributed by atoms with Crippen LogP contribution in [0.4, 0.5) is 5.69 Å². The number of pyridine rings is 1. The van der Waals surface area contributed by atoms with E-state index in [-0.39, 0.29) is 5.56 Å². The maximum Gasteiger partial charge on any atom is 0.253 e. The average molecular weight is 332 g/mol. The van der Waals surface area contributed by atoms with Crippen LogP contribution in [-0.4, -0.2) is 12.1 Å². The van der Waals surface area contributed by atoms with Crippen molar-refractivity contribution in [1.29, 1.82) is 5.26 Å². The normalized spacial score (nSPS) is 15.6. The van der Waals surface area contributed by atoms with Gasteiger partial charge >= 0.3 is 0 Å². The summed E-state index contributed by atoms with van der Waals surface area (Å²) < 4.78 is 5.44. The highest BCUT2D eigenvalue weighted by Gasteiger charge is 2.33. The van der Waals surface area contributed by atoms with Crippen LogP contribution >= 0.6 is 0 Å². The molecule has 0 fully saturated rings. The Kier molecular flexibility index (Phi) is 4.04. The summed E-state index contributed by atoms with van der Waals surface area (Å²) in [7, 11) is 1.51. The number of aromatic amines is 1. The fraction of sp³-hybridized carbons (Fsp3) is 0.211. The Bertz CT molecular complexity index is 1030. The molecule has 1 unspecified atom stereocenters. The van der Waals surface area contributed by atoms with Crippen LogP contribution in [0.2, 0.25) is 0 Å². The van der Waals surface area contributed by atoms with Gasteiger partial charge in [0.05, 0.1) is 31.2 Å². The summed E-state index contributed by atoms with van der Waals surface area (Å²) in [5.74, 6) is -0.0772. The molecule has 1 aliphatic heterocycles. The number of aryl methyl sites for hydroxylation is 1. The average Bonchev–Trinajstić information content (AvgIpc) is 2.59. The molecule has 2 aromatic rings. The van der Waals surface area contributed by atoms with Crippen molar-refractivity contribution < 1.29 is 4.74 Å². The molecular formula is C19H16N4O2. The molecule has 1 aliphatic rings. The molecule has 0 aliphatic carbocycles. The number of aromatic nitrogens is 1. The molecule has 124 valence electrons. The molecule has 0 bridgehead atoms. The minimum atomic E-state index is -0.555. The molecule has 25 heavy (non-hydrogen) atoms. The maximum absolute atomic E-state index is 12.6. The van der Waals surface area contributed by atoms with E-state index < -0.39 is 5.92 Å². The SMILES string of the molecule is [C-]#[N+]C1=C(C)Nc2cc(C)[nH]c(=O)c2C1c1ccc(C#N)cc1OC. The van der Waals surface area contributed by atoms with E-state index in [1.54, 1.807) is 18.2 Å². The van der Waals surface area contributed by atoms with E-state index in [0.29, 0.717) is 39.5 Å². The monoisotopic (exact) mass is 332 g/mol. The van der Waals surface area contributed by atoms with Gasteiger partial charge in [0.2, 0.25) is 0 Å². The number of nitrogens with one attached hydrogen (secondary N) is 2. The molecule has 3 rings (SSSR count). The smallest absolute Gasteiger partial charge is 0.253 e. The molecule has 1 aromatic heterocycles. The number of allylic oxidation sites excluding steroid dienone is 2. The first-order valence-electron chi connectivity index (χ1n) is 7.67. The lowest BCUT2D eigenvalue weighted by Gasteiger charge is -2.28. The van der Waals surface area contributed by atoms with Gasteiger partial charge < -0.3 is 15.0 Å². The number of benzene rings is 1. The molecule has 6 nitrogen and oxygen atoms in total. The van der Waals surface area contributed by atoms with E-state index in [9.17, 15) is 4.79 Å².